The van der Waals surface area contributed by atoms with E-state index >= 15 is 0 Å². The molecule has 1 aliphatic heterocycles. The number of anilines is 2. The molecular weight excluding hydrogens is 398 g/mol. The van der Waals surface area contributed by atoms with E-state index in [0.29, 0.717) is 36.9 Å². The first kappa shape index (κ1) is 20.5. The third kappa shape index (κ3) is 4.59. The van der Waals surface area contributed by atoms with E-state index in [2.05, 4.69) is 4.90 Å². The summed E-state index contributed by atoms with van der Waals surface area (Å²) < 4.78 is 25.9. The van der Waals surface area contributed by atoms with Gasteiger partial charge in [-0.15, -0.1) is 0 Å². The normalized spacial score (nSPS) is 16.0. The Kier molecular flexibility index (Phi) is 6.15. The fraction of sp³-hybridized carbons (Fsp3) is 0.350. The van der Waals surface area contributed by atoms with Gasteiger partial charge in [-0.2, -0.15) is 0 Å². The summed E-state index contributed by atoms with van der Waals surface area (Å²) in [7, 11) is -3.60. The molecule has 0 aliphatic carbocycles. The Morgan fingerprint density at radius 1 is 1.04 bits per heavy atom. The number of piperazine rings is 1. The molecular formula is C20H24ClN3O3S. The van der Waals surface area contributed by atoms with Gasteiger partial charge < -0.3 is 9.80 Å². The number of amides is 1. The summed E-state index contributed by atoms with van der Waals surface area (Å²) in [6.07, 6.45) is 1.13. The SMILES string of the molecule is C[C@H](C(=O)N1CCN(c2cccc(Cl)c2)CC1)N(c1ccccc1)S(C)(=O)=O. The Labute approximate surface area is 171 Å². The molecule has 0 bridgehead atoms. The van der Waals surface area contributed by atoms with Crippen LogP contribution in [0.25, 0.3) is 0 Å². The molecule has 1 amide bonds. The Bertz CT molecular complexity index is 929. The van der Waals surface area contributed by atoms with Crippen molar-refractivity contribution in [1.29, 1.82) is 0 Å². The van der Waals surface area contributed by atoms with Gasteiger partial charge in [-0.05, 0) is 37.3 Å². The lowest BCUT2D eigenvalue weighted by molar-refractivity contribution is -0.132. The van der Waals surface area contributed by atoms with Crippen LogP contribution in [0.1, 0.15) is 6.92 Å². The summed E-state index contributed by atoms with van der Waals surface area (Å²) in [5.41, 5.74) is 1.51. The number of hydrogen-bond donors (Lipinski definition) is 0. The van der Waals surface area contributed by atoms with Crippen LogP contribution in [0.2, 0.25) is 5.02 Å². The van der Waals surface area contributed by atoms with Crippen LogP contribution in [0.3, 0.4) is 0 Å². The number of sulfonamides is 1. The lowest BCUT2D eigenvalue weighted by Crippen LogP contribution is -2.55. The summed E-state index contributed by atoms with van der Waals surface area (Å²) in [6.45, 7) is 4.04. The zero-order chi connectivity index (χ0) is 20.3. The molecule has 0 saturated carbocycles. The summed E-state index contributed by atoms with van der Waals surface area (Å²) >= 11 is 6.07. The average molecular weight is 422 g/mol. The van der Waals surface area contributed by atoms with Gasteiger partial charge in [-0.1, -0.05) is 35.9 Å². The largest absolute Gasteiger partial charge is 0.368 e. The second kappa shape index (κ2) is 8.41. The smallest absolute Gasteiger partial charge is 0.246 e. The van der Waals surface area contributed by atoms with Crippen molar-refractivity contribution in [3.63, 3.8) is 0 Å². The van der Waals surface area contributed by atoms with Gasteiger partial charge in [0.15, 0.2) is 0 Å². The number of para-hydroxylation sites is 1. The van der Waals surface area contributed by atoms with E-state index in [1.165, 1.54) is 4.31 Å². The predicted molar refractivity (Wildman–Crippen MR) is 113 cm³/mol. The summed E-state index contributed by atoms with van der Waals surface area (Å²) in [5.74, 6) is -0.194. The quantitative estimate of drug-likeness (QED) is 0.744. The van der Waals surface area contributed by atoms with E-state index in [-0.39, 0.29) is 5.91 Å². The third-order valence-electron chi connectivity index (χ3n) is 4.84. The molecule has 1 atom stereocenters. The van der Waals surface area contributed by atoms with E-state index in [9.17, 15) is 13.2 Å². The molecule has 1 aliphatic rings. The first-order valence-electron chi connectivity index (χ1n) is 9.11. The molecule has 6 nitrogen and oxygen atoms in total. The molecule has 28 heavy (non-hydrogen) atoms. The Balaban J connectivity index is 1.71. The lowest BCUT2D eigenvalue weighted by Gasteiger charge is -2.39. The van der Waals surface area contributed by atoms with Gasteiger partial charge in [0.2, 0.25) is 15.9 Å². The van der Waals surface area contributed by atoms with Crippen molar-refractivity contribution in [2.24, 2.45) is 0 Å². The molecule has 0 unspecified atom stereocenters. The van der Waals surface area contributed by atoms with Gasteiger partial charge in [0, 0.05) is 36.9 Å². The van der Waals surface area contributed by atoms with Gasteiger partial charge in [-0.25, -0.2) is 8.42 Å². The van der Waals surface area contributed by atoms with E-state index in [4.69, 9.17) is 11.6 Å². The van der Waals surface area contributed by atoms with Crippen molar-refractivity contribution in [1.82, 2.24) is 4.90 Å². The van der Waals surface area contributed by atoms with Crippen LogP contribution >= 0.6 is 11.6 Å². The zero-order valence-corrected chi connectivity index (χ0v) is 17.5. The summed E-state index contributed by atoms with van der Waals surface area (Å²) in [5, 5.41) is 0.677. The summed E-state index contributed by atoms with van der Waals surface area (Å²) in [4.78, 5) is 16.9. The molecule has 0 spiro atoms. The number of hydrogen-bond acceptors (Lipinski definition) is 4. The molecule has 8 heteroatoms. The number of carbonyl (C=O) groups is 1. The number of rotatable bonds is 5. The third-order valence-corrected chi connectivity index (χ3v) is 6.32. The maximum absolute atomic E-state index is 13.0. The van der Waals surface area contributed by atoms with Crippen LogP contribution in [-0.2, 0) is 14.8 Å². The predicted octanol–water partition coefficient (Wildman–Crippen LogP) is 2.84. The topological polar surface area (TPSA) is 60.9 Å². The maximum atomic E-state index is 13.0. The highest BCUT2D eigenvalue weighted by atomic mass is 35.5. The highest BCUT2D eigenvalue weighted by molar-refractivity contribution is 7.92. The molecule has 2 aromatic carbocycles. The summed E-state index contributed by atoms with van der Waals surface area (Å²) in [6, 6.07) is 15.5. The van der Waals surface area contributed by atoms with E-state index < -0.39 is 16.1 Å². The molecule has 0 radical (unpaired) electrons. The molecule has 3 rings (SSSR count). The minimum atomic E-state index is -3.60. The first-order chi connectivity index (χ1) is 13.3. The van der Waals surface area contributed by atoms with E-state index in [0.717, 1.165) is 11.9 Å². The Morgan fingerprint density at radius 3 is 2.25 bits per heavy atom. The van der Waals surface area contributed by atoms with Crippen molar-refractivity contribution in [2.45, 2.75) is 13.0 Å². The first-order valence-corrected chi connectivity index (χ1v) is 11.3. The van der Waals surface area contributed by atoms with Crippen LogP contribution in [0, 0.1) is 0 Å². The van der Waals surface area contributed by atoms with Gasteiger partial charge in [0.05, 0.1) is 11.9 Å². The minimum Gasteiger partial charge on any atom is -0.368 e. The van der Waals surface area contributed by atoms with Crippen LogP contribution < -0.4 is 9.21 Å². The number of nitrogens with zero attached hydrogens (tertiary/aromatic N) is 3. The Morgan fingerprint density at radius 2 is 1.68 bits per heavy atom. The standard InChI is InChI=1S/C20H24ClN3O3S/c1-16(24(28(2,26)27)18-8-4-3-5-9-18)20(25)23-13-11-22(12-14-23)19-10-6-7-17(21)15-19/h3-10,15-16H,11-14H2,1-2H3/t16-/m1/s1. The van der Waals surface area contributed by atoms with Crippen LogP contribution in [-0.4, -0.2) is 57.7 Å². The number of benzene rings is 2. The molecule has 2 aromatic rings. The minimum absolute atomic E-state index is 0.194. The molecule has 150 valence electrons. The lowest BCUT2D eigenvalue weighted by atomic mass is 10.2. The monoisotopic (exact) mass is 421 g/mol. The van der Waals surface area contributed by atoms with Crippen molar-refractivity contribution in [2.75, 3.05) is 41.6 Å². The fourth-order valence-corrected chi connectivity index (χ4v) is 4.85. The Hall–Kier alpha value is -2.25. The van der Waals surface area contributed by atoms with Gasteiger partial charge in [-0.3, -0.25) is 9.10 Å². The highest BCUT2D eigenvalue weighted by Gasteiger charge is 2.33. The number of halogens is 1. The molecule has 0 aromatic heterocycles. The number of carbonyl (C=O) groups excluding carboxylic acids is 1. The zero-order valence-electron chi connectivity index (χ0n) is 16.0. The molecule has 1 saturated heterocycles. The highest BCUT2D eigenvalue weighted by Crippen LogP contribution is 2.23. The van der Waals surface area contributed by atoms with E-state index in [1.807, 2.05) is 30.3 Å². The van der Waals surface area contributed by atoms with Crippen LogP contribution in [0.5, 0.6) is 0 Å². The van der Waals surface area contributed by atoms with Crippen LogP contribution in [0.4, 0.5) is 11.4 Å². The van der Waals surface area contributed by atoms with Gasteiger partial charge in [0.25, 0.3) is 0 Å². The second-order valence-corrected chi connectivity index (χ2v) is 9.16. The molecule has 0 N–H and O–H groups in total. The molecule has 1 heterocycles. The molecule has 1 fully saturated rings. The maximum Gasteiger partial charge on any atom is 0.246 e. The van der Waals surface area contributed by atoms with Gasteiger partial charge >= 0.3 is 0 Å². The van der Waals surface area contributed by atoms with Crippen molar-refractivity contribution < 1.29 is 13.2 Å². The van der Waals surface area contributed by atoms with Crippen molar-refractivity contribution in [3.8, 4) is 0 Å². The van der Waals surface area contributed by atoms with E-state index in [1.54, 1.807) is 36.1 Å². The van der Waals surface area contributed by atoms with Crippen molar-refractivity contribution >= 4 is 38.9 Å². The fourth-order valence-electron chi connectivity index (χ4n) is 3.50. The van der Waals surface area contributed by atoms with Crippen molar-refractivity contribution in [3.05, 3.63) is 59.6 Å². The van der Waals surface area contributed by atoms with Crippen LogP contribution in [0.15, 0.2) is 54.6 Å². The van der Waals surface area contributed by atoms with Gasteiger partial charge in [0.1, 0.15) is 6.04 Å². The second-order valence-electron chi connectivity index (χ2n) is 6.86. The average Bonchev–Trinajstić information content (AvgIpc) is 2.67.